The van der Waals surface area contributed by atoms with Gasteiger partial charge in [-0.25, -0.2) is 0 Å². The Morgan fingerprint density at radius 1 is 1.45 bits per heavy atom. The first kappa shape index (κ1) is 16.8. The first-order valence-electron chi connectivity index (χ1n) is 7.36. The van der Waals surface area contributed by atoms with Crippen molar-refractivity contribution in [3.8, 4) is 0 Å². The van der Waals surface area contributed by atoms with Crippen molar-refractivity contribution in [2.24, 2.45) is 0 Å². The Hall–Kier alpha value is -1.59. The largest absolute Gasteiger partial charge is 0.355 e. The number of anilines is 1. The maximum atomic E-state index is 12.3. The lowest BCUT2D eigenvalue weighted by molar-refractivity contribution is -0.123. The minimum absolute atomic E-state index is 0.0265. The fourth-order valence-corrected chi connectivity index (χ4v) is 2.76. The first-order valence-corrected chi connectivity index (χ1v) is 7.73. The van der Waals surface area contributed by atoms with Crippen LogP contribution in [0.5, 0.6) is 0 Å². The summed E-state index contributed by atoms with van der Waals surface area (Å²) in [6.07, 6.45) is 0.385. The van der Waals surface area contributed by atoms with Gasteiger partial charge >= 0.3 is 0 Å². The first-order chi connectivity index (χ1) is 10.3. The molecule has 2 rings (SSSR count). The summed E-state index contributed by atoms with van der Waals surface area (Å²) in [4.78, 5) is 26.0. The number of nitrogens with zero attached hydrogens (tertiary/aromatic N) is 1. The molecule has 0 atom stereocenters. The maximum Gasteiger partial charge on any atom is 0.238 e. The Bertz CT molecular complexity index is 587. The minimum atomic E-state index is -0.346. The summed E-state index contributed by atoms with van der Waals surface area (Å²) in [5.74, 6) is -0.0774. The van der Waals surface area contributed by atoms with Gasteiger partial charge in [-0.2, -0.15) is 0 Å². The molecule has 0 radical (unpaired) electrons. The molecule has 1 aromatic carbocycles. The highest BCUT2D eigenvalue weighted by Gasteiger charge is 2.32. The monoisotopic (exact) mass is 323 g/mol. The van der Waals surface area contributed by atoms with Crippen molar-refractivity contribution < 1.29 is 9.59 Å². The third-order valence-electron chi connectivity index (χ3n) is 3.96. The lowest BCUT2D eigenvalue weighted by Gasteiger charge is -2.35. The Balaban J connectivity index is 2.04. The third-order valence-corrected chi connectivity index (χ3v) is 4.20. The van der Waals surface area contributed by atoms with Gasteiger partial charge in [-0.15, -0.1) is 0 Å². The molecule has 0 aliphatic carbocycles. The molecule has 120 valence electrons. The van der Waals surface area contributed by atoms with Crippen LogP contribution in [0.1, 0.15) is 25.8 Å². The van der Waals surface area contributed by atoms with E-state index in [9.17, 15) is 9.59 Å². The van der Waals surface area contributed by atoms with Crippen molar-refractivity contribution >= 4 is 29.1 Å². The Morgan fingerprint density at radius 2 is 2.18 bits per heavy atom. The van der Waals surface area contributed by atoms with E-state index in [0.29, 0.717) is 24.5 Å². The number of aryl methyl sites for hydroxylation is 1. The van der Waals surface area contributed by atoms with Crippen molar-refractivity contribution in [3.63, 3.8) is 0 Å². The molecule has 2 amide bonds. The van der Waals surface area contributed by atoms with Crippen LogP contribution in [0.15, 0.2) is 18.2 Å². The summed E-state index contributed by atoms with van der Waals surface area (Å²) in [5, 5.41) is 6.33. The number of amides is 2. The molecule has 6 heteroatoms. The van der Waals surface area contributed by atoms with Gasteiger partial charge in [0.05, 0.1) is 6.54 Å². The summed E-state index contributed by atoms with van der Waals surface area (Å²) in [6, 6.07) is 5.41. The predicted octanol–water partition coefficient (Wildman–Crippen LogP) is 2.19. The minimum Gasteiger partial charge on any atom is -0.355 e. The van der Waals surface area contributed by atoms with Crippen molar-refractivity contribution in [2.75, 3.05) is 25.0 Å². The van der Waals surface area contributed by atoms with E-state index in [1.165, 1.54) is 0 Å². The van der Waals surface area contributed by atoms with Gasteiger partial charge in [0.25, 0.3) is 0 Å². The van der Waals surface area contributed by atoms with Gasteiger partial charge in [0, 0.05) is 35.8 Å². The number of nitrogens with one attached hydrogen (secondary N) is 2. The van der Waals surface area contributed by atoms with Crippen LogP contribution in [0.2, 0.25) is 5.02 Å². The molecule has 1 fully saturated rings. The van der Waals surface area contributed by atoms with E-state index < -0.39 is 0 Å². The normalized spacial score (nSPS) is 18.5. The molecule has 1 heterocycles. The quantitative estimate of drug-likeness (QED) is 0.896. The topological polar surface area (TPSA) is 61.4 Å². The van der Waals surface area contributed by atoms with Crippen LogP contribution in [0.4, 0.5) is 5.69 Å². The number of benzene rings is 1. The molecule has 1 aliphatic rings. The lowest BCUT2D eigenvalue weighted by atomic mass is 9.98. The average molecular weight is 324 g/mol. The van der Waals surface area contributed by atoms with Gasteiger partial charge in [0.1, 0.15) is 0 Å². The molecule has 0 bridgehead atoms. The van der Waals surface area contributed by atoms with Gasteiger partial charge in [0.15, 0.2) is 0 Å². The number of carbonyl (C=O) groups is 2. The van der Waals surface area contributed by atoms with E-state index in [0.717, 1.165) is 11.3 Å². The Labute approximate surface area is 136 Å². The summed E-state index contributed by atoms with van der Waals surface area (Å²) in [5.41, 5.74) is 1.34. The third kappa shape index (κ3) is 4.21. The van der Waals surface area contributed by atoms with Crippen LogP contribution >= 0.6 is 11.6 Å². The molecule has 2 N–H and O–H groups in total. The van der Waals surface area contributed by atoms with Gasteiger partial charge < -0.3 is 10.6 Å². The highest BCUT2D eigenvalue weighted by molar-refractivity contribution is 6.31. The number of hydrogen-bond acceptors (Lipinski definition) is 3. The van der Waals surface area contributed by atoms with Gasteiger partial charge in [-0.3, -0.25) is 14.5 Å². The van der Waals surface area contributed by atoms with Crippen molar-refractivity contribution in [3.05, 3.63) is 28.8 Å². The molecular weight excluding hydrogens is 302 g/mol. The zero-order chi connectivity index (χ0) is 16.3. The number of carbonyl (C=O) groups excluding carboxylic acids is 2. The Morgan fingerprint density at radius 3 is 2.91 bits per heavy atom. The second-order valence-electron chi connectivity index (χ2n) is 6.27. The summed E-state index contributed by atoms with van der Waals surface area (Å²) >= 11 is 5.97. The maximum absolute atomic E-state index is 12.3. The Kier molecular flexibility index (Phi) is 5.08. The summed E-state index contributed by atoms with van der Waals surface area (Å²) in [7, 11) is 0. The van der Waals surface area contributed by atoms with Crippen LogP contribution in [0, 0.1) is 6.92 Å². The molecule has 22 heavy (non-hydrogen) atoms. The van der Waals surface area contributed by atoms with E-state index in [4.69, 9.17) is 11.6 Å². The van der Waals surface area contributed by atoms with Crippen LogP contribution < -0.4 is 10.6 Å². The lowest BCUT2D eigenvalue weighted by Crippen LogP contribution is -2.48. The van der Waals surface area contributed by atoms with Crippen molar-refractivity contribution in [1.29, 1.82) is 0 Å². The van der Waals surface area contributed by atoms with Crippen LogP contribution in [0.3, 0.4) is 0 Å². The van der Waals surface area contributed by atoms with E-state index >= 15 is 0 Å². The van der Waals surface area contributed by atoms with Crippen LogP contribution in [0.25, 0.3) is 0 Å². The number of halogens is 1. The van der Waals surface area contributed by atoms with E-state index in [1.54, 1.807) is 12.1 Å². The molecule has 1 aliphatic heterocycles. The van der Waals surface area contributed by atoms with E-state index in [2.05, 4.69) is 10.6 Å². The zero-order valence-corrected chi connectivity index (χ0v) is 14.0. The second kappa shape index (κ2) is 6.67. The van der Waals surface area contributed by atoms with Crippen LogP contribution in [-0.2, 0) is 9.59 Å². The van der Waals surface area contributed by atoms with Gasteiger partial charge in [-0.1, -0.05) is 17.7 Å². The number of hydrogen-bond donors (Lipinski definition) is 2. The van der Waals surface area contributed by atoms with E-state index in [1.807, 2.05) is 31.7 Å². The van der Waals surface area contributed by atoms with Gasteiger partial charge in [-0.05, 0) is 38.5 Å². The van der Waals surface area contributed by atoms with Crippen molar-refractivity contribution in [1.82, 2.24) is 10.2 Å². The van der Waals surface area contributed by atoms with Crippen LogP contribution in [-0.4, -0.2) is 41.9 Å². The van der Waals surface area contributed by atoms with E-state index in [-0.39, 0.29) is 23.9 Å². The zero-order valence-electron chi connectivity index (χ0n) is 13.2. The van der Waals surface area contributed by atoms with Crippen molar-refractivity contribution in [2.45, 2.75) is 32.7 Å². The smallest absolute Gasteiger partial charge is 0.238 e. The SMILES string of the molecule is Cc1ccc(Cl)cc1NC(=O)CN1CCNC(=O)CC1(C)C. The fourth-order valence-electron chi connectivity index (χ4n) is 2.59. The molecule has 0 spiro atoms. The molecule has 1 saturated heterocycles. The standard InChI is InChI=1S/C16H22ClN3O2/c1-11-4-5-12(17)8-13(11)19-15(22)10-20-7-6-18-14(21)9-16(20,2)3/h4-5,8H,6-7,9-10H2,1-3H3,(H,18,21)(H,19,22). The fraction of sp³-hybridized carbons (Fsp3) is 0.500. The average Bonchev–Trinajstić information content (AvgIpc) is 2.52. The second-order valence-corrected chi connectivity index (χ2v) is 6.70. The number of rotatable bonds is 3. The predicted molar refractivity (Wildman–Crippen MR) is 88.1 cm³/mol. The molecule has 5 nitrogen and oxygen atoms in total. The highest BCUT2D eigenvalue weighted by atomic mass is 35.5. The molecular formula is C16H22ClN3O2. The van der Waals surface area contributed by atoms with Gasteiger partial charge in [0.2, 0.25) is 11.8 Å². The molecule has 0 saturated carbocycles. The highest BCUT2D eigenvalue weighted by Crippen LogP contribution is 2.22. The molecule has 0 unspecified atom stereocenters. The summed E-state index contributed by atoms with van der Waals surface area (Å²) in [6.45, 7) is 7.34. The molecule has 1 aromatic rings. The molecule has 0 aromatic heterocycles. The summed E-state index contributed by atoms with van der Waals surface area (Å²) < 4.78 is 0.